The van der Waals surface area contributed by atoms with Crippen molar-refractivity contribution in [3.05, 3.63) is 71.8 Å². The van der Waals surface area contributed by atoms with Gasteiger partial charge in [0.15, 0.2) is 5.96 Å². The smallest absolute Gasteiger partial charge is 0.191 e. The average molecular weight is 435 g/mol. The van der Waals surface area contributed by atoms with Crippen LogP contribution in [0, 0.1) is 5.92 Å². The van der Waals surface area contributed by atoms with Crippen LogP contribution in [-0.2, 0) is 0 Å². The topological polar surface area (TPSA) is 36.4 Å². The van der Waals surface area contributed by atoms with E-state index in [-0.39, 0.29) is 24.0 Å². The first-order valence-electron chi connectivity index (χ1n) is 8.35. The molecule has 0 saturated heterocycles. The Bertz CT molecular complexity index is 603. The summed E-state index contributed by atoms with van der Waals surface area (Å²) in [7, 11) is 1.84. The van der Waals surface area contributed by atoms with Crippen molar-refractivity contribution < 1.29 is 0 Å². The lowest BCUT2D eigenvalue weighted by Crippen LogP contribution is -2.41. The third-order valence-electron chi connectivity index (χ3n) is 4.53. The standard InChI is InChI=1S/C20H25N3.HI/c1-15-13-19(15)23-20(21-2)22-14-18(16-9-5-3-6-10-16)17-11-7-4-8-12-17;/h3-12,15,18-19H,13-14H2,1-2H3,(H2,21,22,23);1H. The molecule has 4 heteroatoms. The van der Waals surface area contributed by atoms with Gasteiger partial charge in [0.2, 0.25) is 0 Å². The second-order valence-corrected chi connectivity index (χ2v) is 6.29. The molecule has 3 nitrogen and oxygen atoms in total. The molecule has 0 amide bonds. The number of rotatable bonds is 5. The second kappa shape index (κ2) is 9.06. The van der Waals surface area contributed by atoms with Crippen LogP contribution in [0.1, 0.15) is 30.4 Å². The average Bonchev–Trinajstić information content (AvgIpc) is 3.30. The predicted octanol–water partition coefficient (Wildman–Crippen LogP) is 4.01. The highest BCUT2D eigenvalue weighted by Gasteiger charge is 2.33. The van der Waals surface area contributed by atoms with Gasteiger partial charge in [-0.2, -0.15) is 0 Å². The Morgan fingerprint density at radius 3 is 1.96 bits per heavy atom. The van der Waals surface area contributed by atoms with E-state index in [4.69, 9.17) is 0 Å². The quantitative estimate of drug-likeness (QED) is 0.423. The van der Waals surface area contributed by atoms with Gasteiger partial charge < -0.3 is 10.6 Å². The molecular weight excluding hydrogens is 409 g/mol. The lowest BCUT2D eigenvalue weighted by molar-refractivity contribution is 0.715. The second-order valence-electron chi connectivity index (χ2n) is 6.29. The van der Waals surface area contributed by atoms with Crippen LogP contribution in [-0.4, -0.2) is 25.6 Å². The van der Waals surface area contributed by atoms with Crippen molar-refractivity contribution in [2.45, 2.75) is 25.3 Å². The van der Waals surface area contributed by atoms with Gasteiger partial charge in [0.1, 0.15) is 0 Å². The van der Waals surface area contributed by atoms with Crippen molar-refractivity contribution >= 4 is 29.9 Å². The Hall–Kier alpha value is -1.56. The van der Waals surface area contributed by atoms with Crippen LogP contribution in [0.15, 0.2) is 65.7 Å². The summed E-state index contributed by atoms with van der Waals surface area (Å²) in [5.74, 6) is 1.97. The van der Waals surface area contributed by atoms with Crippen LogP contribution in [0.25, 0.3) is 0 Å². The van der Waals surface area contributed by atoms with Gasteiger partial charge in [-0.05, 0) is 23.5 Å². The minimum atomic E-state index is 0. The monoisotopic (exact) mass is 435 g/mol. The predicted molar refractivity (Wildman–Crippen MR) is 112 cm³/mol. The SMILES string of the molecule is CN=C(NCC(c1ccccc1)c1ccccc1)NC1CC1C.I. The maximum absolute atomic E-state index is 4.36. The normalized spacial score (nSPS) is 19.5. The van der Waals surface area contributed by atoms with Crippen LogP contribution in [0.4, 0.5) is 0 Å². The zero-order valence-electron chi connectivity index (χ0n) is 14.3. The fourth-order valence-corrected chi connectivity index (χ4v) is 2.89. The number of guanidine groups is 1. The van der Waals surface area contributed by atoms with E-state index in [1.54, 1.807) is 0 Å². The maximum atomic E-state index is 4.36. The molecule has 0 heterocycles. The summed E-state index contributed by atoms with van der Waals surface area (Å²) in [5, 5.41) is 6.98. The zero-order valence-corrected chi connectivity index (χ0v) is 16.6. The molecule has 0 bridgehead atoms. The van der Waals surface area contributed by atoms with E-state index in [2.05, 4.69) is 83.2 Å². The van der Waals surface area contributed by atoms with E-state index in [1.807, 2.05) is 7.05 Å². The van der Waals surface area contributed by atoms with Crippen molar-refractivity contribution in [3.63, 3.8) is 0 Å². The molecule has 2 aromatic carbocycles. The van der Waals surface area contributed by atoms with E-state index < -0.39 is 0 Å². The van der Waals surface area contributed by atoms with Crippen LogP contribution in [0.3, 0.4) is 0 Å². The highest BCUT2D eigenvalue weighted by Crippen LogP contribution is 2.29. The molecule has 2 unspecified atom stereocenters. The molecular formula is C20H26IN3. The van der Waals surface area contributed by atoms with Crippen molar-refractivity contribution in [3.8, 4) is 0 Å². The van der Waals surface area contributed by atoms with Gasteiger partial charge in [0.25, 0.3) is 0 Å². The minimum absolute atomic E-state index is 0. The van der Waals surface area contributed by atoms with Gasteiger partial charge in [0.05, 0.1) is 0 Å². The first-order valence-corrected chi connectivity index (χ1v) is 8.35. The van der Waals surface area contributed by atoms with Crippen LogP contribution < -0.4 is 10.6 Å². The number of hydrogen-bond acceptors (Lipinski definition) is 1. The summed E-state index contributed by atoms with van der Waals surface area (Å²) in [4.78, 5) is 4.36. The Labute approximate surface area is 162 Å². The zero-order chi connectivity index (χ0) is 16.1. The summed E-state index contributed by atoms with van der Waals surface area (Å²) in [6, 6.07) is 21.9. The first kappa shape index (κ1) is 18.8. The third kappa shape index (κ3) is 4.97. The van der Waals surface area contributed by atoms with Gasteiger partial charge in [0, 0.05) is 25.6 Å². The Morgan fingerprint density at radius 2 is 1.54 bits per heavy atom. The van der Waals surface area contributed by atoms with Crippen LogP contribution in [0.5, 0.6) is 0 Å². The summed E-state index contributed by atoms with van der Waals surface area (Å²) < 4.78 is 0. The number of aliphatic imine (C=N–C) groups is 1. The maximum Gasteiger partial charge on any atom is 0.191 e. The number of hydrogen-bond donors (Lipinski definition) is 2. The molecule has 0 aromatic heterocycles. The van der Waals surface area contributed by atoms with Crippen molar-refractivity contribution in [2.24, 2.45) is 10.9 Å². The fourth-order valence-electron chi connectivity index (χ4n) is 2.89. The number of nitrogens with zero attached hydrogens (tertiary/aromatic N) is 1. The number of halogens is 1. The number of benzene rings is 2. The molecule has 1 saturated carbocycles. The Balaban J connectivity index is 0.00000208. The molecule has 0 spiro atoms. The number of nitrogens with one attached hydrogen (secondary N) is 2. The molecule has 24 heavy (non-hydrogen) atoms. The summed E-state index contributed by atoms with van der Waals surface area (Å²) in [6.45, 7) is 3.09. The largest absolute Gasteiger partial charge is 0.355 e. The van der Waals surface area contributed by atoms with Gasteiger partial charge in [-0.1, -0.05) is 67.6 Å². The Kier molecular flexibility index (Phi) is 7.09. The van der Waals surface area contributed by atoms with Gasteiger partial charge in [-0.3, -0.25) is 4.99 Å². The molecule has 1 aliphatic rings. The van der Waals surface area contributed by atoms with E-state index in [0.717, 1.165) is 18.4 Å². The lowest BCUT2D eigenvalue weighted by atomic mass is 9.91. The molecule has 0 aliphatic heterocycles. The van der Waals surface area contributed by atoms with Crippen LogP contribution >= 0.6 is 24.0 Å². The Morgan fingerprint density at radius 1 is 1.04 bits per heavy atom. The first-order chi connectivity index (χ1) is 11.3. The van der Waals surface area contributed by atoms with Gasteiger partial charge in [-0.25, -0.2) is 0 Å². The fraction of sp³-hybridized carbons (Fsp3) is 0.350. The van der Waals surface area contributed by atoms with E-state index in [0.29, 0.717) is 12.0 Å². The lowest BCUT2D eigenvalue weighted by Gasteiger charge is -2.20. The molecule has 1 aliphatic carbocycles. The molecule has 0 radical (unpaired) electrons. The molecule has 1 fully saturated rings. The molecule has 3 rings (SSSR count). The van der Waals surface area contributed by atoms with Crippen molar-refractivity contribution in [2.75, 3.05) is 13.6 Å². The van der Waals surface area contributed by atoms with Gasteiger partial charge in [-0.15, -0.1) is 24.0 Å². The van der Waals surface area contributed by atoms with Crippen molar-refractivity contribution in [1.82, 2.24) is 10.6 Å². The summed E-state index contributed by atoms with van der Waals surface area (Å²) in [5.41, 5.74) is 2.64. The van der Waals surface area contributed by atoms with E-state index in [9.17, 15) is 0 Å². The third-order valence-corrected chi connectivity index (χ3v) is 4.53. The van der Waals surface area contributed by atoms with Crippen LogP contribution in [0.2, 0.25) is 0 Å². The molecule has 2 aromatic rings. The van der Waals surface area contributed by atoms with E-state index in [1.165, 1.54) is 17.5 Å². The molecule has 2 atom stereocenters. The highest BCUT2D eigenvalue weighted by atomic mass is 127. The van der Waals surface area contributed by atoms with Crippen molar-refractivity contribution in [1.29, 1.82) is 0 Å². The minimum Gasteiger partial charge on any atom is -0.355 e. The van der Waals surface area contributed by atoms with Gasteiger partial charge >= 0.3 is 0 Å². The molecule has 2 N–H and O–H groups in total. The van der Waals surface area contributed by atoms with E-state index >= 15 is 0 Å². The molecule has 128 valence electrons. The summed E-state index contributed by atoms with van der Waals surface area (Å²) in [6.07, 6.45) is 1.24. The highest BCUT2D eigenvalue weighted by molar-refractivity contribution is 14.0. The summed E-state index contributed by atoms with van der Waals surface area (Å²) >= 11 is 0.